The third-order valence-electron chi connectivity index (χ3n) is 3.77. The van der Waals surface area contributed by atoms with E-state index in [9.17, 15) is 9.50 Å². The summed E-state index contributed by atoms with van der Waals surface area (Å²) in [6.45, 7) is 2.27. The summed E-state index contributed by atoms with van der Waals surface area (Å²) >= 11 is 0. The number of aliphatic hydroxyl groups excluding tert-OH is 1. The minimum absolute atomic E-state index is 0.0303. The highest BCUT2D eigenvalue weighted by molar-refractivity contribution is 5.32. The second-order valence-corrected chi connectivity index (χ2v) is 5.04. The number of halogens is 1. The lowest BCUT2D eigenvalue weighted by Gasteiger charge is -2.31. The summed E-state index contributed by atoms with van der Waals surface area (Å²) in [5, 5.41) is 12.7. The molecule has 0 saturated heterocycles. The normalized spacial score (nSPS) is 18.4. The molecule has 1 aromatic carbocycles. The van der Waals surface area contributed by atoms with Crippen LogP contribution in [0.5, 0.6) is 5.75 Å². The van der Waals surface area contributed by atoms with E-state index in [1.54, 1.807) is 6.07 Å². The zero-order valence-electron chi connectivity index (χ0n) is 10.9. The fraction of sp³-hybridized carbons (Fsp3) is 0.571. The van der Waals surface area contributed by atoms with Gasteiger partial charge in [-0.1, -0.05) is 6.07 Å². The predicted octanol–water partition coefficient (Wildman–Crippen LogP) is 1.87. The minimum atomic E-state index is -0.404. The first-order chi connectivity index (χ1) is 8.61. The molecular weight excluding hydrogens is 233 g/mol. The van der Waals surface area contributed by atoms with Gasteiger partial charge in [0, 0.05) is 6.07 Å². The second kappa shape index (κ2) is 5.24. The maximum Gasteiger partial charge on any atom is 0.126 e. The summed E-state index contributed by atoms with van der Waals surface area (Å²) in [6, 6.07) is 4.50. The Morgan fingerprint density at radius 2 is 2.22 bits per heavy atom. The smallest absolute Gasteiger partial charge is 0.126 e. The van der Waals surface area contributed by atoms with Gasteiger partial charge in [-0.25, -0.2) is 4.39 Å². The molecule has 1 aliphatic rings. The molecule has 0 aromatic heterocycles. The molecule has 1 fully saturated rings. The Labute approximate surface area is 107 Å². The summed E-state index contributed by atoms with van der Waals surface area (Å²) in [5.41, 5.74) is 0.494. The number of likely N-dealkylation sites (N-methyl/N-ethyl adjacent to an activating group) is 1. The van der Waals surface area contributed by atoms with Gasteiger partial charge in [-0.2, -0.15) is 0 Å². The summed E-state index contributed by atoms with van der Waals surface area (Å²) in [6.07, 6.45) is 2.21. The molecule has 1 aromatic rings. The molecule has 1 aliphatic carbocycles. The van der Waals surface area contributed by atoms with E-state index in [-0.39, 0.29) is 12.4 Å². The van der Waals surface area contributed by atoms with Gasteiger partial charge in [-0.3, -0.25) is 0 Å². The first kappa shape index (κ1) is 13.3. The molecule has 2 rings (SSSR count). The first-order valence-electron chi connectivity index (χ1n) is 6.30. The largest absolute Gasteiger partial charge is 0.491 e. The molecule has 4 heteroatoms. The monoisotopic (exact) mass is 253 g/mol. The molecule has 0 heterocycles. The zero-order chi connectivity index (χ0) is 13.2. The molecule has 0 amide bonds. The van der Waals surface area contributed by atoms with Crippen molar-refractivity contribution >= 4 is 0 Å². The lowest BCUT2D eigenvalue weighted by Crippen LogP contribution is -2.53. The van der Waals surface area contributed by atoms with E-state index in [2.05, 4.69) is 5.32 Å². The Bertz CT molecular complexity index is 414. The molecule has 0 aliphatic heterocycles. The van der Waals surface area contributed by atoms with Crippen LogP contribution in [0.4, 0.5) is 4.39 Å². The Balaban J connectivity index is 2.07. The van der Waals surface area contributed by atoms with Gasteiger partial charge in [0.05, 0.1) is 12.1 Å². The van der Waals surface area contributed by atoms with Crippen LogP contribution in [-0.4, -0.2) is 30.9 Å². The van der Waals surface area contributed by atoms with Crippen molar-refractivity contribution in [1.29, 1.82) is 0 Å². The number of aliphatic hydroxyl groups is 1. The van der Waals surface area contributed by atoms with Crippen LogP contribution in [0.2, 0.25) is 0 Å². The fourth-order valence-electron chi connectivity index (χ4n) is 2.22. The molecule has 1 atom stereocenters. The molecule has 0 radical (unpaired) electrons. The highest BCUT2D eigenvalue weighted by Crippen LogP contribution is 2.39. The van der Waals surface area contributed by atoms with Gasteiger partial charge < -0.3 is 15.2 Å². The number of ether oxygens (including phenoxy) is 1. The Morgan fingerprint density at radius 1 is 1.50 bits per heavy atom. The molecule has 100 valence electrons. The van der Waals surface area contributed by atoms with E-state index in [0.29, 0.717) is 18.3 Å². The molecule has 18 heavy (non-hydrogen) atoms. The van der Waals surface area contributed by atoms with Gasteiger partial charge in [-0.05, 0) is 44.4 Å². The summed E-state index contributed by atoms with van der Waals surface area (Å²) in [7, 11) is 1.83. The van der Waals surface area contributed by atoms with Crippen molar-refractivity contribution in [3.63, 3.8) is 0 Å². The highest BCUT2D eigenvalue weighted by Gasteiger charge is 2.44. The van der Waals surface area contributed by atoms with Crippen LogP contribution in [0.15, 0.2) is 18.2 Å². The van der Waals surface area contributed by atoms with Crippen LogP contribution >= 0.6 is 0 Å². The quantitative estimate of drug-likeness (QED) is 0.813. The number of nitrogens with one attached hydrogen (secondary N) is 1. The third-order valence-corrected chi connectivity index (χ3v) is 3.77. The van der Waals surface area contributed by atoms with Crippen LogP contribution in [0.3, 0.4) is 0 Å². The van der Waals surface area contributed by atoms with Crippen molar-refractivity contribution < 1.29 is 14.2 Å². The topological polar surface area (TPSA) is 41.5 Å². The van der Waals surface area contributed by atoms with Crippen molar-refractivity contribution in [3.05, 3.63) is 29.6 Å². The van der Waals surface area contributed by atoms with Gasteiger partial charge in [0.1, 0.15) is 18.2 Å². The van der Waals surface area contributed by atoms with Crippen LogP contribution in [-0.2, 0) is 0 Å². The number of benzene rings is 1. The zero-order valence-corrected chi connectivity index (χ0v) is 10.9. The van der Waals surface area contributed by atoms with E-state index in [1.165, 1.54) is 12.1 Å². The average Bonchev–Trinajstić information content (AvgIpc) is 3.20. The van der Waals surface area contributed by atoms with E-state index in [0.717, 1.165) is 18.4 Å². The Morgan fingerprint density at radius 3 is 2.78 bits per heavy atom. The minimum Gasteiger partial charge on any atom is -0.491 e. The number of hydrogen-bond acceptors (Lipinski definition) is 3. The molecule has 3 nitrogen and oxygen atoms in total. The van der Waals surface area contributed by atoms with Crippen LogP contribution in [0, 0.1) is 18.7 Å². The molecule has 0 bridgehead atoms. The number of hydrogen-bond donors (Lipinski definition) is 2. The van der Waals surface area contributed by atoms with Gasteiger partial charge in [0.25, 0.3) is 0 Å². The summed E-state index contributed by atoms with van der Waals surface area (Å²) in [4.78, 5) is 0. The standard InChI is InChI=1S/C14H20FNO2/c1-10-3-6-12(15)7-13(10)18-9-14(8-17,16-2)11-4-5-11/h3,6-7,11,16-17H,4-5,8-9H2,1-2H3. The molecule has 1 unspecified atom stereocenters. The Kier molecular flexibility index (Phi) is 3.88. The highest BCUT2D eigenvalue weighted by atomic mass is 19.1. The molecule has 0 spiro atoms. The number of aryl methyl sites for hydroxylation is 1. The molecule has 1 saturated carbocycles. The van der Waals surface area contributed by atoms with E-state index >= 15 is 0 Å². The summed E-state index contributed by atoms with van der Waals surface area (Å²) in [5.74, 6) is 0.686. The van der Waals surface area contributed by atoms with Gasteiger partial charge in [0.2, 0.25) is 0 Å². The molecule has 2 N–H and O–H groups in total. The van der Waals surface area contributed by atoms with E-state index < -0.39 is 5.54 Å². The fourth-order valence-corrected chi connectivity index (χ4v) is 2.22. The lowest BCUT2D eigenvalue weighted by molar-refractivity contribution is 0.0910. The van der Waals surface area contributed by atoms with E-state index in [1.807, 2.05) is 14.0 Å². The average molecular weight is 253 g/mol. The maximum absolute atomic E-state index is 13.2. The van der Waals surface area contributed by atoms with Crippen molar-refractivity contribution in [2.24, 2.45) is 5.92 Å². The van der Waals surface area contributed by atoms with Crippen molar-refractivity contribution in [2.75, 3.05) is 20.3 Å². The Hall–Kier alpha value is -1.13. The first-order valence-corrected chi connectivity index (χ1v) is 6.30. The van der Waals surface area contributed by atoms with Crippen LogP contribution < -0.4 is 10.1 Å². The van der Waals surface area contributed by atoms with Gasteiger partial charge in [-0.15, -0.1) is 0 Å². The maximum atomic E-state index is 13.2. The van der Waals surface area contributed by atoms with Crippen LogP contribution in [0.25, 0.3) is 0 Å². The van der Waals surface area contributed by atoms with Gasteiger partial charge >= 0.3 is 0 Å². The summed E-state index contributed by atoms with van der Waals surface area (Å²) < 4.78 is 18.9. The van der Waals surface area contributed by atoms with Crippen molar-refractivity contribution in [1.82, 2.24) is 5.32 Å². The number of rotatable bonds is 6. The van der Waals surface area contributed by atoms with Gasteiger partial charge in [0.15, 0.2) is 0 Å². The van der Waals surface area contributed by atoms with Crippen molar-refractivity contribution in [2.45, 2.75) is 25.3 Å². The van der Waals surface area contributed by atoms with Crippen LogP contribution in [0.1, 0.15) is 18.4 Å². The lowest BCUT2D eigenvalue weighted by atomic mass is 9.95. The second-order valence-electron chi connectivity index (χ2n) is 5.04. The van der Waals surface area contributed by atoms with E-state index in [4.69, 9.17) is 4.74 Å². The van der Waals surface area contributed by atoms with Crippen molar-refractivity contribution in [3.8, 4) is 5.75 Å². The SMILES string of the molecule is CNC(CO)(COc1cc(F)ccc1C)C1CC1. The predicted molar refractivity (Wildman–Crippen MR) is 68.2 cm³/mol. The molecular formula is C14H20FNO2. The third kappa shape index (κ3) is 2.65.